The first-order valence-corrected chi connectivity index (χ1v) is 5.08. The molecule has 0 aromatic heterocycles. The first-order valence-electron chi connectivity index (χ1n) is 5.08. The van der Waals surface area contributed by atoms with Crippen LogP contribution in [0.4, 0.5) is 0 Å². The van der Waals surface area contributed by atoms with E-state index in [4.69, 9.17) is 0 Å². The third-order valence-corrected chi connectivity index (χ3v) is 2.15. The standard InChI is InChI=1S/C11H22O/c1-4-6-8-10(3)11(12)9-7-5-2/h11-12H,3-9H2,1-2H3. The van der Waals surface area contributed by atoms with Crippen LogP contribution in [0.15, 0.2) is 12.2 Å². The van der Waals surface area contributed by atoms with Gasteiger partial charge in [-0.15, -0.1) is 0 Å². The van der Waals surface area contributed by atoms with Crippen molar-refractivity contribution in [2.45, 2.75) is 58.5 Å². The molecule has 0 rings (SSSR count). The van der Waals surface area contributed by atoms with Crippen molar-refractivity contribution in [3.63, 3.8) is 0 Å². The van der Waals surface area contributed by atoms with E-state index >= 15 is 0 Å². The molecule has 1 nitrogen and oxygen atoms in total. The predicted molar refractivity (Wildman–Crippen MR) is 54.2 cm³/mol. The van der Waals surface area contributed by atoms with Crippen LogP contribution in [-0.2, 0) is 0 Å². The molecular formula is C11H22O. The Kier molecular flexibility index (Phi) is 7.17. The molecule has 1 heteroatoms. The molecule has 0 radical (unpaired) electrons. The van der Waals surface area contributed by atoms with Crippen molar-refractivity contribution in [3.05, 3.63) is 12.2 Å². The topological polar surface area (TPSA) is 20.2 Å². The van der Waals surface area contributed by atoms with Crippen LogP contribution in [0.25, 0.3) is 0 Å². The molecule has 0 bridgehead atoms. The molecule has 1 N–H and O–H groups in total. The number of unbranched alkanes of at least 4 members (excludes halogenated alkanes) is 2. The van der Waals surface area contributed by atoms with Crippen molar-refractivity contribution in [1.82, 2.24) is 0 Å². The highest BCUT2D eigenvalue weighted by Crippen LogP contribution is 2.14. The lowest BCUT2D eigenvalue weighted by atomic mass is 10.0. The van der Waals surface area contributed by atoms with Gasteiger partial charge in [-0.25, -0.2) is 0 Å². The molecule has 0 aromatic rings. The van der Waals surface area contributed by atoms with Crippen molar-refractivity contribution in [2.75, 3.05) is 0 Å². The monoisotopic (exact) mass is 170 g/mol. The van der Waals surface area contributed by atoms with E-state index in [0.717, 1.165) is 37.7 Å². The molecule has 1 unspecified atom stereocenters. The van der Waals surface area contributed by atoms with Gasteiger partial charge in [-0.3, -0.25) is 0 Å². The second-order valence-corrected chi connectivity index (χ2v) is 3.42. The van der Waals surface area contributed by atoms with Crippen LogP contribution >= 0.6 is 0 Å². The summed E-state index contributed by atoms with van der Waals surface area (Å²) in [6.07, 6.45) is 6.21. The SMILES string of the molecule is C=C(CCCC)C(O)CCCC. The van der Waals surface area contributed by atoms with Gasteiger partial charge >= 0.3 is 0 Å². The van der Waals surface area contributed by atoms with Crippen molar-refractivity contribution in [2.24, 2.45) is 0 Å². The average molecular weight is 170 g/mol. The summed E-state index contributed by atoms with van der Waals surface area (Å²) in [6, 6.07) is 0. The molecule has 0 spiro atoms. The van der Waals surface area contributed by atoms with Crippen LogP contribution < -0.4 is 0 Å². The summed E-state index contributed by atoms with van der Waals surface area (Å²) < 4.78 is 0. The Morgan fingerprint density at radius 3 is 2.33 bits per heavy atom. The Morgan fingerprint density at radius 1 is 1.25 bits per heavy atom. The molecule has 0 heterocycles. The Labute approximate surface area is 76.5 Å². The summed E-state index contributed by atoms with van der Waals surface area (Å²) in [5.41, 5.74) is 1.02. The van der Waals surface area contributed by atoms with Gasteiger partial charge in [0.1, 0.15) is 0 Å². The highest BCUT2D eigenvalue weighted by atomic mass is 16.3. The lowest BCUT2D eigenvalue weighted by molar-refractivity contribution is 0.193. The quantitative estimate of drug-likeness (QED) is 0.581. The molecule has 72 valence electrons. The predicted octanol–water partition coefficient (Wildman–Crippen LogP) is 3.28. The minimum absolute atomic E-state index is 0.253. The maximum atomic E-state index is 9.58. The molecular weight excluding hydrogens is 148 g/mol. The Balaban J connectivity index is 3.47. The van der Waals surface area contributed by atoms with Crippen LogP contribution in [0.5, 0.6) is 0 Å². The molecule has 0 aromatic carbocycles. The number of aliphatic hydroxyl groups is 1. The normalized spacial score (nSPS) is 12.9. The molecule has 0 aliphatic heterocycles. The zero-order valence-corrected chi connectivity index (χ0v) is 8.47. The van der Waals surface area contributed by atoms with E-state index in [1.807, 2.05) is 0 Å². The first kappa shape index (κ1) is 11.7. The van der Waals surface area contributed by atoms with E-state index in [1.54, 1.807) is 0 Å². The van der Waals surface area contributed by atoms with Gasteiger partial charge in [0.15, 0.2) is 0 Å². The van der Waals surface area contributed by atoms with Gasteiger partial charge in [-0.1, -0.05) is 39.7 Å². The van der Waals surface area contributed by atoms with Crippen LogP contribution in [-0.4, -0.2) is 11.2 Å². The van der Waals surface area contributed by atoms with Crippen molar-refractivity contribution in [3.8, 4) is 0 Å². The maximum Gasteiger partial charge on any atom is 0.0747 e. The number of rotatable bonds is 7. The summed E-state index contributed by atoms with van der Waals surface area (Å²) >= 11 is 0. The van der Waals surface area contributed by atoms with Crippen LogP contribution in [0, 0.1) is 0 Å². The van der Waals surface area contributed by atoms with E-state index in [1.165, 1.54) is 6.42 Å². The van der Waals surface area contributed by atoms with Gasteiger partial charge in [-0.2, -0.15) is 0 Å². The summed E-state index contributed by atoms with van der Waals surface area (Å²) in [4.78, 5) is 0. The van der Waals surface area contributed by atoms with Crippen molar-refractivity contribution >= 4 is 0 Å². The molecule has 0 aliphatic carbocycles. The lowest BCUT2D eigenvalue weighted by Gasteiger charge is -2.12. The van der Waals surface area contributed by atoms with Gasteiger partial charge in [0, 0.05) is 0 Å². The summed E-state index contributed by atoms with van der Waals surface area (Å²) in [5, 5.41) is 9.58. The van der Waals surface area contributed by atoms with E-state index in [-0.39, 0.29) is 6.10 Å². The maximum absolute atomic E-state index is 9.58. The molecule has 0 fully saturated rings. The van der Waals surface area contributed by atoms with E-state index in [9.17, 15) is 5.11 Å². The number of hydrogen-bond donors (Lipinski definition) is 1. The number of hydrogen-bond acceptors (Lipinski definition) is 1. The third-order valence-electron chi connectivity index (χ3n) is 2.15. The lowest BCUT2D eigenvalue weighted by Crippen LogP contribution is -2.09. The Bertz CT molecular complexity index is 118. The molecule has 0 saturated heterocycles. The van der Waals surface area contributed by atoms with Gasteiger partial charge in [0.05, 0.1) is 6.10 Å². The molecule has 0 aliphatic rings. The largest absolute Gasteiger partial charge is 0.389 e. The Morgan fingerprint density at radius 2 is 1.83 bits per heavy atom. The smallest absolute Gasteiger partial charge is 0.0747 e. The summed E-state index contributed by atoms with van der Waals surface area (Å²) in [6.45, 7) is 8.19. The third kappa shape index (κ3) is 5.36. The fraction of sp³-hybridized carbons (Fsp3) is 0.818. The molecule has 12 heavy (non-hydrogen) atoms. The van der Waals surface area contributed by atoms with Crippen LogP contribution in [0.3, 0.4) is 0 Å². The minimum atomic E-state index is -0.253. The van der Waals surface area contributed by atoms with E-state index in [2.05, 4.69) is 20.4 Å². The highest BCUT2D eigenvalue weighted by molar-refractivity contribution is 5.00. The zero-order chi connectivity index (χ0) is 9.40. The second-order valence-electron chi connectivity index (χ2n) is 3.42. The fourth-order valence-corrected chi connectivity index (χ4v) is 1.17. The first-order chi connectivity index (χ1) is 5.72. The average Bonchev–Trinajstić information content (AvgIpc) is 2.10. The minimum Gasteiger partial charge on any atom is -0.389 e. The Hall–Kier alpha value is -0.300. The zero-order valence-electron chi connectivity index (χ0n) is 8.47. The number of aliphatic hydroxyl groups excluding tert-OH is 1. The van der Waals surface area contributed by atoms with Gasteiger partial charge in [0.25, 0.3) is 0 Å². The molecule has 0 amide bonds. The highest BCUT2D eigenvalue weighted by Gasteiger charge is 2.06. The van der Waals surface area contributed by atoms with Gasteiger partial charge in [-0.05, 0) is 24.8 Å². The van der Waals surface area contributed by atoms with E-state index in [0.29, 0.717) is 0 Å². The summed E-state index contributed by atoms with van der Waals surface area (Å²) in [5.74, 6) is 0. The van der Waals surface area contributed by atoms with Gasteiger partial charge < -0.3 is 5.11 Å². The van der Waals surface area contributed by atoms with Crippen molar-refractivity contribution in [1.29, 1.82) is 0 Å². The fourth-order valence-electron chi connectivity index (χ4n) is 1.17. The molecule has 0 saturated carbocycles. The second kappa shape index (κ2) is 7.35. The summed E-state index contributed by atoms with van der Waals surface area (Å²) in [7, 11) is 0. The van der Waals surface area contributed by atoms with Crippen molar-refractivity contribution < 1.29 is 5.11 Å². The van der Waals surface area contributed by atoms with E-state index < -0.39 is 0 Å². The van der Waals surface area contributed by atoms with Gasteiger partial charge in [0.2, 0.25) is 0 Å². The van der Waals surface area contributed by atoms with Crippen LogP contribution in [0.1, 0.15) is 52.4 Å². The van der Waals surface area contributed by atoms with Crippen LogP contribution in [0.2, 0.25) is 0 Å². The molecule has 1 atom stereocenters.